The number of benzene rings is 1. The molecule has 32 heavy (non-hydrogen) atoms. The summed E-state index contributed by atoms with van der Waals surface area (Å²) in [5.74, 6) is 2.88. The first-order valence-corrected chi connectivity index (χ1v) is 10.2. The lowest BCUT2D eigenvalue weighted by molar-refractivity contribution is 0.0733. The maximum Gasteiger partial charge on any atom is 0.289 e. The summed E-state index contributed by atoms with van der Waals surface area (Å²) in [6, 6.07) is 7.02. The highest BCUT2D eigenvalue weighted by Crippen LogP contribution is 2.34. The van der Waals surface area contributed by atoms with Crippen LogP contribution in [0, 0.1) is 5.92 Å². The second kappa shape index (κ2) is 9.95. The third-order valence-electron chi connectivity index (χ3n) is 5.73. The predicted octanol–water partition coefficient (Wildman–Crippen LogP) is 3.23. The molecular formula is C22H28ClN5O4. The smallest absolute Gasteiger partial charge is 0.289 e. The van der Waals surface area contributed by atoms with Crippen LogP contribution in [0.4, 0.5) is 11.8 Å². The Labute approximate surface area is 192 Å². The van der Waals surface area contributed by atoms with Gasteiger partial charge in [0.15, 0.2) is 17.3 Å². The number of aromatic nitrogens is 2. The maximum atomic E-state index is 12.4. The number of nitrogen functional groups attached to an aromatic ring is 1. The molecule has 0 bridgehead atoms. The Kier molecular flexibility index (Phi) is 7.29. The lowest BCUT2D eigenvalue weighted by atomic mass is 9.96. The fourth-order valence-corrected chi connectivity index (χ4v) is 3.98. The molecule has 1 aliphatic rings. The van der Waals surface area contributed by atoms with Gasteiger partial charge < -0.3 is 29.4 Å². The first-order chi connectivity index (χ1) is 15.0. The molecule has 1 fully saturated rings. The van der Waals surface area contributed by atoms with Crippen LogP contribution < -0.4 is 20.1 Å². The van der Waals surface area contributed by atoms with Gasteiger partial charge >= 0.3 is 0 Å². The zero-order valence-corrected chi connectivity index (χ0v) is 19.2. The number of carbonyl (C=O) groups excluding carboxylic acids is 1. The van der Waals surface area contributed by atoms with Crippen LogP contribution in [0.2, 0.25) is 0 Å². The van der Waals surface area contributed by atoms with Crippen molar-refractivity contribution in [3.63, 3.8) is 0 Å². The molecule has 0 radical (unpaired) electrons. The van der Waals surface area contributed by atoms with E-state index in [4.69, 9.17) is 24.6 Å². The molecule has 1 aromatic carbocycles. The third kappa shape index (κ3) is 4.67. The number of furan rings is 1. The minimum Gasteiger partial charge on any atom is -0.493 e. The van der Waals surface area contributed by atoms with Crippen molar-refractivity contribution in [2.45, 2.75) is 12.8 Å². The lowest BCUT2D eigenvalue weighted by Gasteiger charge is -2.34. The largest absolute Gasteiger partial charge is 0.493 e. The van der Waals surface area contributed by atoms with Crippen LogP contribution >= 0.6 is 12.4 Å². The number of methoxy groups -OCH3 is 2. The highest BCUT2D eigenvalue weighted by Gasteiger charge is 2.25. The first-order valence-electron chi connectivity index (χ1n) is 10.2. The van der Waals surface area contributed by atoms with E-state index in [9.17, 15) is 4.79 Å². The van der Waals surface area contributed by atoms with E-state index in [1.54, 1.807) is 37.3 Å². The van der Waals surface area contributed by atoms with Crippen molar-refractivity contribution in [3.05, 3.63) is 36.3 Å². The Hall–Kier alpha value is -3.20. The van der Waals surface area contributed by atoms with Gasteiger partial charge in [0.05, 0.1) is 26.0 Å². The van der Waals surface area contributed by atoms with Crippen LogP contribution in [0.5, 0.6) is 11.5 Å². The van der Waals surface area contributed by atoms with E-state index in [1.807, 2.05) is 13.1 Å². The molecular weight excluding hydrogens is 434 g/mol. The van der Waals surface area contributed by atoms with Crippen LogP contribution in [0.3, 0.4) is 0 Å². The van der Waals surface area contributed by atoms with Crippen molar-refractivity contribution in [2.24, 2.45) is 5.92 Å². The van der Waals surface area contributed by atoms with E-state index in [0.29, 0.717) is 47.0 Å². The Morgan fingerprint density at radius 2 is 1.91 bits per heavy atom. The molecule has 0 atom stereocenters. The molecule has 10 heteroatoms. The number of hydrogen-bond acceptors (Lipinski definition) is 8. The fraction of sp³-hybridized carbons (Fsp3) is 0.409. The monoisotopic (exact) mass is 461 g/mol. The first kappa shape index (κ1) is 23.5. The van der Waals surface area contributed by atoms with E-state index in [-0.39, 0.29) is 18.3 Å². The van der Waals surface area contributed by atoms with Crippen LogP contribution in [-0.4, -0.2) is 61.7 Å². The predicted molar refractivity (Wildman–Crippen MR) is 125 cm³/mol. The molecule has 1 aliphatic heterocycles. The third-order valence-corrected chi connectivity index (χ3v) is 5.73. The fourth-order valence-electron chi connectivity index (χ4n) is 3.98. The van der Waals surface area contributed by atoms with Gasteiger partial charge in [0.2, 0.25) is 5.95 Å². The number of hydrogen-bond donors (Lipinski definition) is 1. The van der Waals surface area contributed by atoms with Crippen molar-refractivity contribution in [1.29, 1.82) is 0 Å². The van der Waals surface area contributed by atoms with Gasteiger partial charge in [0.25, 0.3) is 5.91 Å². The zero-order valence-electron chi connectivity index (χ0n) is 18.4. The summed E-state index contributed by atoms with van der Waals surface area (Å²) in [6.45, 7) is 2.28. The van der Waals surface area contributed by atoms with E-state index in [2.05, 4.69) is 9.88 Å². The van der Waals surface area contributed by atoms with Gasteiger partial charge in [0.1, 0.15) is 5.82 Å². The SMILES string of the molecule is COc1cc2nc(N3CCC(CN(C)C(=O)c4ccco4)CC3)nc(N)c2cc1OC.Cl. The van der Waals surface area contributed by atoms with Crippen LogP contribution in [0.15, 0.2) is 34.9 Å². The average Bonchev–Trinajstić information content (AvgIpc) is 3.33. The molecule has 0 spiro atoms. The number of rotatable bonds is 6. The summed E-state index contributed by atoms with van der Waals surface area (Å²) in [5, 5.41) is 0.731. The Bertz CT molecular complexity index is 1070. The standard InChI is InChI=1S/C22H27N5O4.ClH/c1-26(21(28)17-5-4-10-31-17)13-14-6-8-27(9-7-14)22-24-16-12-19(30-3)18(29-2)11-15(16)20(23)25-22;/h4-5,10-12,14H,6-9,13H2,1-3H3,(H2,23,24,25);1H. The van der Waals surface area contributed by atoms with Crippen LogP contribution in [0.25, 0.3) is 10.9 Å². The van der Waals surface area contributed by atoms with E-state index >= 15 is 0 Å². The number of amides is 1. The van der Waals surface area contributed by atoms with Crippen molar-refractivity contribution in [1.82, 2.24) is 14.9 Å². The molecule has 1 amide bonds. The Morgan fingerprint density at radius 3 is 2.53 bits per heavy atom. The zero-order chi connectivity index (χ0) is 22.0. The van der Waals surface area contributed by atoms with Gasteiger partial charge in [-0.2, -0.15) is 4.98 Å². The van der Waals surface area contributed by atoms with Crippen LogP contribution in [-0.2, 0) is 0 Å². The van der Waals surface area contributed by atoms with Crippen molar-refractivity contribution in [2.75, 3.05) is 51.5 Å². The minimum absolute atomic E-state index is 0. The molecule has 0 unspecified atom stereocenters. The normalized spacial score (nSPS) is 14.2. The molecule has 1 saturated heterocycles. The van der Waals surface area contributed by atoms with Crippen molar-refractivity contribution < 1.29 is 18.7 Å². The molecule has 2 N–H and O–H groups in total. The minimum atomic E-state index is -0.0950. The number of anilines is 2. The summed E-state index contributed by atoms with van der Waals surface area (Å²) in [7, 11) is 4.98. The summed E-state index contributed by atoms with van der Waals surface area (Å²) in [6.07, 6.45) is 3.38. The van der Waals surface area contributed by atoms with Gasteiger partial charge in [-0.3, -0.25) is 4.79 Å². The summed E-state index contributed by atoms with van der Waals surface area (Å²) in [4.78, 5) is 25.5. The van der Waals surface area contributed by atoms with Gasteiger partial charge in [-0.1, -0.05) is 0 Å². The highest BCUT2D eigenvalue weighted by molar-refractivity contribution is 5.92. The van der Waals surface area contributed by atoms with Crippen molar-refractivity contribution >= 4 is 41.0 Å². The second-order valence-electron chi connectivity index (χ2n) is 7.73. The van der Waals surface area contributed by atoms with Gasteiger partial charge in [-0.05, 0) is 37.0 Å². The molecule has 0 saturated carbocycles. The van der Waals surface area contributed by atoms with E-state index < -0.39 is 0 Å². The summed E-state index contributed by atoms with van der Waals surface area (Å²) < 4.78 is 16.0. The molecule has 2 aromatic heterocycles. The van der Waals surface area contributed by atoms with E-state index in [0.717, 1.165) is 31.3 Å². The number of nitrogens with zero attached hydrogens (tertiary/aromatic N) is 4. The number of piperidine rings is 1. The van der Waals surface area contributed by atoms with Gasteiger partial charge in [-0.25, -0.2) is 4.98 Å². The molecule has 3 heterocycles. The average molecular weight is 462 g/mol. The molecule has 4 rings (SSSR count). The molecule has 0 aliphatic carbocycles. The molecule has 9 nitrogen and oxygen atoms in total. The maximum absolute atomic E-state index is 12.4. The number of fused-ring (bicyclic) bond motifs is 1. The Morgan fingerprint density at radius 1 is 1.22 bits per heavy atom. The highest BCUT2D eigenvalue weighted by atomic mass is 35.5. The topological polar surface area (TPSA) is 107 Å². The number of ether oxygens (including phenoxy) is 2. The molecule has 3 aromatic rings. The summed E-state index contributed by atoms with van der Waals surface area (Å²) >= 11 is 0. The van der Waals surface area contributed by atoms with Crippen molar-refractivity contribution in [3.8, 4) is 11.5 Å². The van der Waals surface area contributed by atoms with Gasteiger partial charge in [0, 0.05) is 38.1 Å². The quantitative estimate of drug-likeness (QED) is 0.596. The summed E-state index contributed by atoms with van der Waals surface area (Å²) in [5.41, 5.74) is 6.94. The Balaban J connectivity index is 0.00000289. The van der Waals surface area contributed by atoms with Crippen LogP contribution in [0.1, 0.15) is 23.4 Å². The van der Waals surface area contributed by atoms with Gasteiger partial charge in [-0.15, -0.1) is 12.4 Å². The lowest BCUT2D eigenvalue weighted by Crippen LogP contribution is -2.40. The number of halogens is 1. The number of carbonyl (C=O) groups is 1. The van der Waals surface area contributed by atoms with E-state index in [1.165, 1.54) is 6.26 Å². The number of nitrogens with two attached hydrogens (primary N) is 1. The molecule has 172 valence electrons. The second-order valence-corrected chi connectivity index (χ2v) is 7.73.